The highest BCUT2D eigenvalue weighted by Gasteiger charge is 2.46. The molecule has 0 amide bonds. The van der Waals surface area contributed by atoms with E-state index in [1.807, 2.05) is 24.5 Å². The summed E-state index contributed by atoms with van der Waals surface area (Å²) in [7, 11) is 0. The van der Waals surface area contributed by atoms with Gasteiger partial charge in [0, 0.05) is 36.1 Å². The Bertz CT molecular complexity index is 1030. The van der Waals surface area contributed by atoms with Crippen LogP contribution in [0.1, 0.15) is 30.1 Å². The maximum Gasteiger partial charge on any atom is 0.147 e. The van der Waals surface area contributed by atoms with Crippen LogP contribution in [0.4, 0.5) is 10.2 Å². The molecule has 1 fully saturated rings. The quantitative estimate of drug-likeness (QED) is 0.712. The number of anilines is 1. The Morgan fingerprint density at radius 1 is 1.17 bits per heavy atom. The fraction of sp³-hybridized carbons (Fsp3) is 0.381. The maximum absolute atomic E-state index is 13.7. The highest BCUT2D eigenvalue weighted by atomic mass is 32.2. The van der Waals surface area contributed by atoms with Crippen LogP contribution >= 0.6 is 11.8 Å². The molecule has 1 saturated heterocycles. The second kappa shape index (κ2) is 7.11. The monoisotopic (exact) mass is 410 g/mol. The van der Waals surface area contributed by atoms with Crippen molar-refractivity contribution in [3.63, 3.8) is 0 Å². The summed E-state index contributed by atoms with van der Waals surface area (Å²) < 4.78 is 15.8. The molecular formula is C21H23FN6S. The van der Waals surface area contributed by atoms with Gasteiger partial charge in [-0.25, -0.2) is 14.4 Å². The molecule has 29 heavy (non-hydrogen) atoms. The normalized spacial score (nSPS) is 20.2. The predicted octanol–water partition coefficient (Wildman–Crippen LogP) is 3.57. The number of fused-ring (bicyclic) bond motifs is 1. The largest absolute Gasteiger partial charge is 0.355 e. The van der Waals surface area contributed by atoms with Gasteiger partial charge in [-0.15, -0.1) is 0 Å². The van der Waals surface area contributed by atoms with Gasteiger partial charge in [-0.1, -0.05) is 17.8 Å². The van der Waals surface area contributed by atoms with Crippen LogP contribution in [-0.2, 0) is 6.54 Å². The van der Waals surface area contributed by atoms with Gasteiger partial charge in [0.05, 0.1) is 24.1 Å². The molecule has 6 nitrogen and oxygen atoms in total. The zero-order chi connectivity index (χ0) is 20.0. The van der Waals surface area contributed by atoms with Crippen LogP contribution in [0.3, 0.4) is 0 Å². The molecule has 5 rings (SSSR count). The molecule has 0 unspecified atom stereocenters. The SMILES string of the molecule is Cc1c(F)cccc1Sc1cnc(N2CCC3(CC2)Cn2nccc2[C@H]3N)cn1. The van der Waals surface area contributed by atoms with Crippen LogP contribution in [0.25, 0.3) is 0 Å². The Morgan fingerprint density at radius 3 is 2.72 bits per heavy atom. The third kappa shape index (κ3) is 3.20. The molecule has 150 valence electrons. The van der Waals surface area contributed by atoms with Gasteiger partial charge in [0.25, 0.3) is 0 Å². The number of hydrogen-bond donors (Lipinski definition) is 1. The minimum Gasteiger partial charge on any atom is -0.355 e. The molecule has 8 heteroatoms. The summed E-state index contributed by atoms with van der Waals surface area (Å²) in [6.45, 7) is 4.49. The van der Waals surface area contributed by atoms with E-state index in [0.29, 0.717) is 5.56 Å². The average molecular weight is 411 g/mol. The van der Waals surface area contributed by atoms with Gasteiger partial charge in [0.1, 0.15) is 16.7 Å². The van der Waals surface area contributed by atoms with E-state index in [0.717, 1.165) is 53.9 Å². The van der Waals surface area contributed by atoms with Gasteiger partial charge < -0.3 is 10.6 Å². The van der Waals surface area contributed by atoms with Crippen LogP contribution in [0, 0.1) is 18.2 Å². The Kier molecular flexibility index (Phi) is 4.55. The van der Waals surface area contributed by atoms with E-state index in [1.54, 1.807) is 19.2 Å². The Hall–Kier alpha value is -2.45. The van der Waals surface area contributed by atoms with E-state index >= 15 is 0 Å². The van der Waals surface area contributed by atoms with E-state index < -0.39 is 0 Å². The molecule has 1 atom stereocenters. The first-order valence-electron chi connectivity index (χ1n) is 9.83. The molecular weight excluding hydrogens is 387 g/mol. The topological polar surface area (TPSA) is 72.9 Å². The van der Waals surface area contributed by atoms with Crippen molar-refractivity contribution in [3.8, 4) is 0 Å². The number of piperidine rings is 1. The summed E-state index contributed by atoms with van der Waals surface area (Å²) in [5.41, 5.74) is 8.44. The van der Waals surface area contributed by atoms with Crippen molar-refractivity contribution in [1.82, 2.24) is 19.7 Å². The van der Waals surface area contributed by atoms with Crippen molar-refractivity contribution in [2.75, 3.05) is 18.0 Å². The second-order valence-corrected chi connectivity index (χ2v) is 8.98. The molecule has 1 aromatic carbocycles. The van der Waals surface area contributed by atoms with Crippen LogP contribution in [-0.4, -0.2) is 32.8 Å². The van der Waals surface area contributed by atoms with Crippen LogP contribution in [0.2, 0.25) is 0 Å². The van der Waals surface area contributed by atoms with Crippen molar-refractivity contribution in [3.05, 3.63) is 59.9 Å². The number of aromatic nitrogens is 4. The lowest BCUT2D eigenvalue weighted by molar-refractivity contribution is 0.170. The molecule has 2 aliphatic rings. The summed E-state index contributed by atoms with van der Waals surface area (Å²) in [4.78, 5) is 12.3. The summed E-state index contributed by atoms with van der Waals surface area (Å²) in [6, 6.07) is 7.18. The molecule has 0 bridgehead atoms. The summed E-state index contributed by atoms with van der Waals surface area (Å²) in [6.07, 6.45) is 7.44. The molecule has 0 radical (unpaired) electrons. The number of rotatable bonds is 3. The molecule has 3 aromatic rings. The smallest absolute Gasteiger partial charge is 0.147 e. The first-order chi connectivity index (χ1) is 14.1. The lowest BCUT2D eigenvalue weighted by Crippen LogP contribution is -2.45. The Balaban J connectivity index is 1.25. The first-order valence-corrected chi connectivity index (χ1v) is 10.6. The minimum absolute atomic E-state index is 0.0477. The molecule has 2 N–H and O–H groups in total. The fourth-order valence-electron chi connectivity index (χ4n) is 4.44. The van der Waals surface area contributed by atoms with Crippen LogP contribution < -0.4 is 10.6 Å². The molecule has 1 spiro atoms. The third-order valence-corrected chi connectivity index (χ3v) is 7.40. The average Bonchev–Trinajstić information content (AvgIpc) is 3.28. The highest BCUT2D eigenvalue weighted by molar-refractivity contribution is 7.99. The van der Waals surface area contributed by atoms with Gasteiger partial charge >= 0.3 is 0 Å². The van der Waals surface area contributed by atoms with Gasteiger partial charge in [0.2, 0.25) is 0 Å². The van der Waals surface area contributed by atoms with Crippen molar-refractivity contribution in [1.29, 1.82) is 0 Å². The van der Waals surface area contributed by atoms with Crippen LogP contribution in [0.15, 0.2) is 52.8 Å². The highest BCUT2D eigenvalue weighted by Crippen LogP contribution is 2.47. The van der Waals surface area contributed by atoms with E-state index in [1.165, 1.54) is 17.8 Å². The second-order valence-electron chi connectivity index (χ2n) is 7.92. The summed E-state index contributed by atoms with van der Waals surface area (Å²) >= 11 is 1.43. The number of nitrogens with two attached hydrogens (primary N) is 1. The molecule has 0 aliphatic carbocycles. The van der Waals surface area contributed by atoms with Gasteiger partial charge in [-0.2, -0.15) is 5.10 Å². The van der Waals surface area contributed by atoms with Gasteiger partial charge in [-0.3, -0.25) is 4.68 Å². The summed E-state index contributed by atoms with van der Waals surface area (Å²) in [5.74, 6) is 0.679. The van der Waals surface area contributed by atoms with E-state index in [2.05, 4.69) is 24.6 Å². The van der Waals surface area contributed by atoms with E-state index in [9.17, 15) is 4.39 Å². The zero-order valence-electron chi connectivity index (χ0n) is 16.3. The van der Waals surface area contributed by atoms with Crippen molar-refractivity contribution in [2.45, 2.75) is 42.3 Å². The molecule has 2 aromatic heterocycles. The number of benzene rings is 1. The van der Waals surface area contributed by atoms with Crippen molar-refractivity contribution in [2.24, 2.45) is 11.1 Å². The van der Waals surface area contributed by atoms with Crippen molar-refractivity contribution < 1.29 is 4.39 Å². The van der Waals surface area contributed by atoms with Crippen molar-refractivity contribution >= 4 is 17.6 Å². The van der Waals surface area contributed by atoms with Gasteiger partial charge in [-0.05, 0) is 43.5 Å². The number of hydrogen-bond acceptors (Lipinski definition) is 6. The number of halogens is 1. The fourth-order valence-corrected chi connectivity index (χ4v) is 5.27. The molecule has 2 aliphatic heterocycles. The third-order valence-electron chi connectivity index (χ3n) is 6.32. The van der Waals surface area contributed by atoms with Gasteiger partial charge in [0.15, 0.2) is 0 Å². The maximum atomic E-state index is 13.7. The Labute approximate surface area is 173 Å². The summed E-state index contributed by atoms with van der Waals surface area (Å²) in [5, 5.41) is 5.17. The first kappa shape index (κ1) is 18.6. The number of nitrogens with zero attached hydrogens (tertiary/aromatic N) is 5. The lowest BCUT2D eigenvalue weighted by Gasteiger charge is -2.41. The van der Waals surface area contributed by atoms with E-state index in [4.69, 9.17) is 5.73 Å². The van der Waals surface area contributed by atoms with E-state index in [-0.39, 0.29) is 17.3 Å². The molecule has 0 saturated carbocycles. The molecule has 4 heterocycles. The standard InChI is InChI=1S/C21H23FN6S/c1-14-15(22)3-2-4-17(14)29-19-12-24-18(11-25-19)27-9-6-21(7-10-27)13-28-16(20(21)23)5-8-26-28/h2-5,8,11-12,20H,6-7,9-10,13,23H2,1H3/t20-/m1/s1. The predicted molar refractivity (Wildman–Crippen MR) is 110 cm³/mol. The minimum atomic E-state index is -0.200. The zero-order valence-corrected chi connectivity index (χ0v) is 17.1. The van der Waals surface area contributed by atoms with Crippen LogP contribution in [0.5, 0.6) is 0 Å². The lowest BCUT2D eigenvalue weighted by atomic mass is 9.73. The Morgan fingerprint density at radius 2 is 2.00 bits per heavy atom.